The minimum absolute atomic E-state index is 0.123. The molecule has 6 nitrogen and oxygen atoms in total. The molecule has 2 aromatic heterocycles. The first-order valence-corrected chi connectivity index (χ1v) is 3.91. The van der Waals surface area contributed by atoms with Gasteiger partial charge in [-0.15, -0.1) is 0 Å². The van der Waals surface area contributed by atoms with Crippen LogP contribution in [0.25, 0.3) is 5.65 Å². The van der Waals surface area contributed by atoms with Crippen LogP contribution in [0.3, 0.4) is 0 Å². The Balaban J connectivity index is 2.94. The number of aromatic carboxylic acids is 1. The van der Waals surface area contributed by atoms with Gasteiger partial charge in [-0.3, -0.25) is 9.89 Å². The van der Waals surface area contributed by atoms with Gasteiger partial charge in [-0.05, 0) is 6.92 Å². The number of carbonyl (C=O) groups is 1. The van der Waals surface area contributed by atoms with Crippen molar-refractivity contribution >= 4 is 11.6 Å². The van der Waals surface area contributed by atoms with Crippen LogP contribution < -0.4 is 5.56 Å². The Morgan fingerprint density at radius 3 is 3.00 bits per heavy atom. The second kappa shape index (κ2) is 2.69. The second-order valence-electron chi connectivity index (χ2n) is 2.85. The van der Waals surface area contributed by atoms with Gasteiger partial charge in [0.15, 0.2) is 11.3 Å². The van der Waals surface area contributed by atoms with Crippen LogP contribution in [0.5, 0.6) is 0 Å². The highest BCUT2D eigenvalue weighted by Crippen LogP contribution is 2.02. The Labute approximate surface area is 77.8 Å². The first-order valence-electron chi connectivity index (χ1n) is 3.91. The molecule has 0 fully saturated rings. The first kappa shape index (κ1) is 8.49. The molecule has 14 heavy (non-hydrogen) atoms. The Kier molecular flexibility index (Phi) is 1.63. The summed E-state index contributed by atoms with van der Waals surface area (Å²) in [6.45, 7) is 1.44. The Bertz CT molecular complexity index is 567. The molecule has 2 aromatic rings. The molecule has 0 radical (unpaired) electrons. The number of nitrogens with one attached hydrogen (secondary N) is 1. The number of aromatic nitrogens is 3. The van der Waals surface area contributed by atoms with Crippen molar-refractivity contribution < 1.29 is 9.90 Å². The lowest BCUT2D eigenvalue weighted by Crippen LogP contribution is -2.22. The monoisotopic (exact) mass is 193 g/mol. The lowest BCUT2D eigenvalue weighted by atomic mass is 10.2. The van der Waals surface area contributed by atoms with E-state index in [4.69, 9.17) is 5.11 Å². The maximum atomic E-state index is 11.5. The number of aromatic amines is 1. The molecule has 0 amide bonds. The maximum absolute atomic E-state index is 11.5. The molecule has 6 heteroatoms. The van der Waals surface area contributed by atoms with Crippen molar-refractivity contribution in [3.8, 4) is 0 Å². The average Bonchev–Trinajstić information content (AvgIpc) is 2.58. The summed E-state index contributed by atoms with van der Waals surface area (Å²) in [5, 5.41) is 11.4. The summed E-state index contributed by atoms with van der Waals surface area (Å²) in [6, 6.07) is 1.54. The normalized spacial score (nSPS) is 10.6. The summed E-state index contributed by atoms with van der Waals surface area (Å²) >= 11 is 0. The van der Waals surface area contributed by atoms with Gasteiger partial charge in [-0.1, -0.05) is 0 Å². The van der Waals surface area contributed by atoms with Crippen molar-refractivity contribution in [3.63, 3.8) is 0 Å². The van der Waals surface area contributed by atoms with E-state index in [0.717, 1.165) is 0 Å². The molecule has 0 saturated carbocycles. The molecule has 0 aliphatic carbocycles. The predicted octanol–water partition coefficient (Wildman–Crippen LogP) is 0.0292. The largest absolute Gasteiger partial charge is 0.476 e. The van der Waals surface area contributed by atoms with Gasteiger partial charge >= 0.3 is 5.97 Å². The van der Waals surface area contributed by atoms with Crippen molar-refractivity contribution in [2.75, 3.05) is 0 Å². The van der Waals surface area contributed by atoms with Crippen LogP contribution in [0.4, 0.5) is 0 Å². The number of rotatable bonds is 1. The van der Waals surface area contributed by atoms with Gasteiger partial charge in [0.25, 0.3) is 5.56 Å². The van der Waals surface area contributed by atoms with Crippen LogP contribution in [0.1, 0.15) is 16.1 Å². The van der Waals surface area contributed by atoms with E-state index in [-0.39, 0.29) is 11.3 Å². The summed E-state index contributed by atoms with van der Waals surface area (Å²) in [4.78, 5) is 26.1. The van der Waals surface area contributed by atoms with Crippen LogP contribution in [-0.2, 0) is 0 Å². The van der Waals surface area contributed by atoms with Gasteiger partial charge in [0.05, 0.1) is 0 Å². The Morgan fingerprint density at radius 2 is 2.36 bits per heavy atom. The van der Waals surface area contributed by atoms with Crippen molar-refractivity contribution in [1.82, 2.24) is 14.6 Å². The highest BCUT2D eigenvalue weighted by molar-refractivity contribution is 5.87. The summed E-state index contributed by atoms with van der Waals surface area (Å²) < 4.78 is 1.20. The number of carboxylic acid groups (broad SMARTS) is 1. The van der Waals surface area contributed by atoms with E-state index in [2.05, 4.69) is 10.1 Å². The van der Waals surface area contributed by atoms with E-state index in [9.17, 15) is 9.59 Å². The first-order chi connectivity index (χ1) is 6.61. The van der Waals surface area contributed by atoms with Crippen LogP contribution in [-0.4, -0.2) is 25.7 Å². The van der Waals surface area contributed by atoms with Crippen LogP contribution >= 0.6 is 0 Å². The van der Waals surface area contributed by atoms with Crippen molar-refractivity contribution in [3.05, 3.63) is 33.9 Å². The summed E-state index contributed by atoms with van der Waals surface area (Å²) in [5.41, 5.74) is -0.164. The van der Waals surface area contributed by atoms with E-state index in [1.165, 1.54) is 23.7 Å². The molecule has 0 unspecified atom stereocenters. The fourth-order valence-corrected chi connectivity index (χ4v) is 1.25. The maximum Gasteiger partial charge on any atom is 0.355 e. The SMILES string of the molecule is Cc1c(C(=O)O)nc2cc[nH]n2c1=O. The van der Waals surface area contributed by atoms with Crippen molar-refractivity contribution in [2.45, 2.75) is 6.92 Å². The number of nitrogens with zero attached hydrogens (tertiary/aromatic N) is 2. The second-order valence-corrected chi connectivity index (χ2v) is 2.85. The van der Waals surface area contributed by atoms with E-state index in [0.29, 0.717) is 5.65 Å². The highest BCUT2D eigenvalue weighted by atomic mass is 16.4. The molecule has 0 bridgehead atoms. The minimum atomic E-state index is -1.19. The summed E-state index contributed by atoms with van der Waals surface area (Å²) in [6.07, 6.45) is 1.52. The fourth-order valence-electron chi connectivity index (χ4n) is 1.25. The average molecular weight is 193 g/mol. The third-order valence-corrected chi connectivity index (χ3v) is 1.97. The zero-order valence-corrected chi connectivity index (χ0v) is 7.31. The van der Waals surface area contributed by atoms with Gasteiger partial charge in [-0.25, -0.2) is 14.3 Å². The minimum Gasteiger partial charge on any atom is -0.476 e. The van der Waals surface area contributed by atoms with Gasteiger partial charge in [-0.2, -0.15) is 0 Å². The summed E-state index contributed by atoms with van der Waals surface area (Å²) in [7, 11) is 0. The third-order valence-electron chi connectivity index (χ3n) is 1.97. The third kappa shape index (κ3) is 1.00. The quantitative estimate of drug-likeness (QED) is 0.668. The number of H-pyrrole nitrogens is 1. The molecule has 0 saturated heterocycles. The smallest absolute Gasteiger partial charge is 0.355 e. The van der Waals surface area contributed by atoms with Gasteiger partial charge < -0.3 is 5.11 Å². The molecule has 0 aromatic carbocycles. The lowest BCUT2D eigenvalue weighted by Gasteiger charge is -1.99. The highest BCUT2D eigenvalue weighted by Gasteiger charge is 2.14. The molecular formula is C8H7N3O3. The van der Waals surface area contributed by atoms with E-state index >= 15 is 0 Å². The molecule has 0 atom stereocenters. The molecule has 2 N–H and O–H groups in total. The zero-order chi connectivity index (χ0) is 10.3. The number of hydrogen-bond acceptors (Lipinski definition) is 3. The van der Waals surface area contributed by atoms with E-state index in [1.54, 1.807) is 0 Å². The molecular weight excluding hydrogens is 186 g/mol. The van der Waals surface area contributed by atoms with Crippen LogP contribution in [0.2, 0.25) is 0 Å². The topological polar surface area (TPSA) is 87.5 Å². The standard InChI is InChI=1S/C8H7N3O3/c1-4-6(8(13)14)10-5-2-3-9-11(5)7(4)12/h2-3,9H,1H3,(H,13,14). The van der Waals surface area contributed by atoms with Crippen LogP contribution in [0, 0.1) is 6.92 Å². The summed E-state index contributed by atoms with van der Waals surface area (Å²) in [5.74, 6) is -1.19. The zero-order valence-electron chi connectivity index (χ0n) is 7.31. The fraction of sp³-hybridized carbons (Fsp3) is 0.125. The van der Waals surface area contributed by atoms with Crippen molar-refractivity contribution in [2.24, 2.45) is 0 Å². The Morgan fingerprint density at radius 1 is 1.64 bits per heavy atom. The molecule has 0 aliphatic rings. The number of hydrogen-bond donors (Lipinski definition) is 2. The van der Waals surface area contributed by atoms with E-state index in [1.807, 2.05) is 0 Å². The Hall–Kier alpha value is -2.11. The van der Waals surface area contributed by atoms with Gasteiger partial charge in [0.1, 0.15) is 0 Å². The van der Waals surface area contributed by atoms with Gasteiger partial charge in [0, 0.05) is 17.8 Å². The lowest BCUT2D eigenvalue weighted by molar-refractivity contribution is 0.0689. The van der Waals surface area contributed by atoms with E-state index < -0.39 is 11.5 Å². The molecule has 0 spiro atoms. The molecule has 72 valence electrons. The van der Waals surface area contributed by atoms with Gasteiger partial charge in [0.2, 0.25) is 0 Å². The molecule has 0 aliphatic heterocycles. The van der Waals surface area contributed by atoms with Crippen molar-refractivity contribution in [1.29, 1.82) is 0 Å². The molecule has 2 rings (SSSR count). The number of fused-ring (bicyclic) bond motifs is 1. The predicted molar refractivity (Wildman–Crippen MR) is 47.5 cm³/mol. The number of carboxylic acids is 1. The van der Waals surface area contributed by atoms with Crippen LogP contribution in [0.15, 0.2) is 17.1 Å². The molecule has 2 heterocycles.